The van der Waals surface area contributed by atoms with Crippen LogP contribution in [0.15, 0.2) is 0 Å². The average Bonchev–Trinajstić information content (AvgIpc) is 1.87. The van der Waals surface area contributed by atoms with Crippen molar-refractivity contribution >= 4 is 50.2 Å². The van der Waals surface area contributed by atoms with E-state index in [-0.39, 0.29) is 0 Å². The summed E-state index contributed by atoms with van der Waals surface area (Å²) in [5, 5.41) is 0. The molecule has 0 unspecified atom stereocenters. The van der Waals surface area contributed by atoms with E-state index in [0.29, 0.717) is 5.82 Å². The zero-order chi connectivity index (χ0) is 7.82. The van der Waals surface area contributed by atoms with Gasteiger partial charge in [0.15, 0.2) is 0 Å². The van der Waals surface area contributed by atoms with Crippen LogP contribution in [0.3, 0.4) is 0 Å². The lowest BCUT2D eigenvalue weighted by Gasteiger charge is -1.98. The third kappa shape index (κ3) is 8.45. The molecule has 0 aliphatic carbocycles. The van der Waals surface area contributed by atoms with Gasteiger partial charge < -0.3 is 0 Å². The van der Waals surface area contributed by atoms with Gasteiger partial charge in [0.1, 0.15) is 0 Å². The first-order valence-electron chi connectivity index (χ1n) is 3.49. The van der Waals surface area contributed by atoms with Gasteiger partial charge in [-0.05, 0) is 0 Å². The van der Waals surface area contributed by atoms with Gasteiger partial charge in [-0.25, -0.2) is 0 Å². The van der Waals surface area contributed by atoms with Crippen LogP contribution in [0.4, 0.5) is 0 Å². The Morgan fingerprint density at radius 3 is 2.10 bits per heavy atom. The molecule has 7 heteroatoms. The van der Waals surface area contributed by atoms with Gasteiger partial charge in [0.05, 0.1) is 7.17 Å². The van der Waals surface area contributed by atoms with Crippen molar-refractivity contribution in [2.45, 2.75) is 19.7 Å². The lowest BCUT2D eigenvalue weighted by molar-refractivity contribution is 1.07. The standard InChI is InChI=1S/C3H7B7/c1-3(2)5-7-9-10-8-6-4/h3H,1-2H3. The fraction of sp³-hybridized carbons (Fsp3) is 1.00. The summed E-state index contributed by atoms with van der Waals surface area (Å²) in [5.41, 5.74) is 0. The summed E-state index contributed by atoms with van der Waals surface area (Å²) in [6.45, 7) is 4.28. The van der Waals surface area contributed by atoms with Crippen LogP contribution in [0.5, 0.6) is 0 Å². The normalized spacial score (nSPS) is 8.30. The summed E-state index contributed by atoms with van der Waals surface area (Å²) < 4.78 is 0. The molecule has 0 saturated heterocycles. The molecule has 0 heterocycles. The van der Waals surface area contributed by atoms with Crippen molar-refractivity contribution in [2.24, 2.45) is 0 Å². The first-order valence-corrected chi connectivity index (χ1v) is 3.49. The van der Waals surface area contributed by atoms with Crippen LogP contribution >= 0.6 is 0 Å². The second-order valence-electron chi connectivity index (χ2n) is 2.40. The Morgan fingerprint density at radius 2 is 1.60 bits per heavy atom. The first kappa shape index (κ1) is 10.5. The predicted octanol–water partition coefficient (Wildman–Crippen LogP) is -1.30. The molecule has 10 heavy (non-hydrogen) atoms. The number of rotatable bonds is 6. The SMILES string of the molecule is [B][B][B][B][B][B][B]C(C)C. The third-order valence-electron chi connectivity index (χ3n) is 0.940. The highest BCUT2D eigenvalue weighted by molar-refractivity contribution is 7.62. The summed E-state index contributed by atoms with van der Waals surface area (Å²) in [4.78, 5) is 0. The Labute approximate surface area is 70.4 Å². The summed E-state index contributed by atoms with van der Waals surface area (Å²) in [5.74, 6) is 0.617. The highest BCUT2D eigenvalue weighted by Crippen LogP contribution is 1.92. The van der Waals surface area contributed by atoms with Crippen LogP contribution in [-0.4, -0.2) is 50.2 Å². The van der Waals surface area contributed by atoms with Gasteiger partial charge in [-0.3, -0.25) is 0 Å². The van der Waals surface area contributed by atoms with Gasteiger partial charge in [-0.15, -0.1) is 0 Å². The summed E-state index contributed by atoms with van der Waals surface area (Å²) in [6, 6.07) is 0. The van der Waals surface area contributed by atoms with Gasteiger partial charge in [0.2, 0.25) is 0 Å². The quantitative estimate of drug-likeness (QED) is 0.301. The third-order valence-corrected chi connectivity index (χ3v) is 0.940. The second kappa shape index (κ2) is 7.56. The molecule has 0 nitrogen and oxygen atoms in total. The molecule has 0 aromatic rings. The van der Waals surface area contributed by atoms with E-state index in [0.717, 1.165) is 0 Å². The molecule has 0 aliphatic heterocycles. The topological polar surface area (TPSA) is 0 Å². The fourth-order valence-corrected chi connectivity index (χ4v) is 0.479. The molecule has 0 aromatic carbocycles. The highest BCUT2D eigenvalue weighted by Gasteiger charge is 1.97. The molecule has 0 spiro atoms. The molecule has 0 saturated carbocycles. The van der Waals surface area contributed by atoms with Crippen molar-refractivity contribution in [3.8, 4) is 0 Å². The minimum absolute atomic E-state index is 0.617. The van der Waals surface area contributed by atoms with Gasteiger partial charge >= 0.3 is 0 Å². The largest absolute Gasteiger partial charge is 0.0838 e. The minimum atomic E-state index is 0.617. The van der Waals surface area contributed by atoms with Crippen LogP contribution < -0.4 is 0 Å². The van der Waals surface area contributed by atoms with E-state index in [2.05, 4.69) is 21.0 Å². The van der Waals surface area contributed by atoms with E-state index < -0.39 is 0 Å². The highest BCUT2D eigenvalue weighted by atomic mass is 13.6. The molecule has 0 aromatic heterocycles. The van der Waals surface area contributed by atoms with Crippen molar-refractivity contribution in [1.29, 1.82) is 0 Å². The summed E-state index contributed by atoms with van der Waals surface area (Å²) >= 11 is 0. The Kier molecular flexibility index (Phi) is 7.90. The molecular weight excluding hydrogens is 112 g/mol. The van der Waals surface area contributed by atoms with E-state index in [1.807, 2.05) is 21.2 Å². The van der Waals surface area contributed by atoms with E-state index in [9.17, 15) is 0 Å². The molecule has 0 fully saturated rings. The molecule has 0 rings (SSSR count). The zero-order valence-corrected chi connectivity index (χ0v) is 6.62. The Morgan fingerprint density at radius 1 is 1.00 bits per heavy atom. The van der Waals surface area contributed by atoms with Crippen molar-refractivity contribution in [2.75, 3.05) is 0 Å². The average molecular weight is 119 g/mol. The van der Waals surface area contributed by atoms with Crippen LogP contribution in [0.2, 0.25) is 5.82 Å². The van der Waals surface area contributed by atoms with Crippen LogP contribution in [0.1, 0.15) is 13.8 Å². The molecule has 0 aliphatic rings. The monoisotopic (exact) mass is 120 g/mol. The van der Waals surface area contributed by atoms with E-state index in [4.69, 9.17) is 7.74 Å². The van der Waals surface area contributed by atoms with Crippen LogP contribution in [0.25, 0.3) is 0 Å². The minimum Gasteiger partial charge on any atom is -0.0838 e. The maximum Gasteiger partial charge on any atom is 0.0580 e. The van der Waals surface area contributed by atoms with Gasteiger partial charge in [0.25, 0.3) is 0 Å². The zero-order valence-electron chi connectivity index (χ0n) is 6.62. The Bertz CT molecular complexity index is 63.9. The maximum atomic E-state index is 5.11. The Hall–Kier alpha value is 0.455. The molecule has 0 bridgehead atoms. The van der Waals surface area contributed by atoms with Crippen molar-refractivity contribution in [3.05, 3.63) is 0 Å². The van der Waals surface area contributed by atoms with Crippen molar-refractivity contribution in [1.82, 2.24) is 0 Å². The summed E-state index contributed by atoms with van der Waals surface area (Å²) in [7, 11) is 16.4. The molecule has 0 N–H and O–H groups in total. The van der Waals surface area contributed by atoms with Gasteiger partial charge in [0, 0.05) is 43.0 Å². The van der Waals surface area contributed by atoms with Crippen LogP contribution in [-0.2, 0) is 0 Å². The van der Waals surface area contributed by atoms with Crippen molar-refractivity contribution < 1.29 is 0 Å². The number of hydrogen-bond donors (Lipinski definition) is 0. The lowest BCUT2D eigenvalue weighted by Crippen LogP contribution is -2.27. The molecule has 0 atom stereocenters. The predicted molar refractivity (Wildman–Crippen MR) is 55.4 cm³/mol. The van der Waals surface area contributed by atoms with Crippen LogP contribution in [0, 0.1) is 0 Å². The molecule has 8 radical (unpaired) electrons. The van der Waals surface area contributed by atoms with E-state index >= 15 is 0 Å². The fourth-order valence-electron chi connectivity index (χ4n) is 0.479. The van der Waals surface area contributed by atoms with Crippen molar-refractivity contribution in [3.63, 3.8) is 0 Å². The van der Waals surface area contributed by atoms with E-state index in [1.165, 1.54) is 7.06 Å². The maximum absolute atomic E-state index is 5.11. The molecule has 40 valence electrons. The first-order chi connectivity index (χ1) is 4.77. The molecular formula is C3H7B7. The van der Waals surface area contributed by atoms with E-state index in [1.54, 1.807) is 7.06 Å². The van der Waals surface area contributed by atoms with Gasteiger partial charge in [-0.1, -0.05) is 19.7 Å². The summed E-state index contributed by atoms with van der Waals surface area (Å²) in [6.07, 6.45) is 0. The molecule has 0 amide bonds. The smallest absolute Gasteiger partial charge is 0.0580 e. The second-order valence-corrected chi connectivity index (χ2v) is 2.40. The number of hydrogen-bond acceptors (Lipinski definition) is 0. The van der Waals surface area contributed by atoms with Gasteiger partial charge in [-0.2, -0.15) is 0 Å². The lowest BCUT2D eigenvalue weighted by atomic mass is 8.94. The Balaban J connectivity index is 2.77.